The summed E-state index contributed by atoms with van der Waals surface area (Å²) in [5.41, 5.74) is 9.38. The average molecular weight is 952 g/mol. The quantitative estimate of drug-likeness (QED) is 0.173. The minimum absolute atomic E-state index is 0.609. The molecule has 0 N–H and O–H groups in total. The van der Waals surface area contributed by atoms with Crippen LogP contribution in [0.3, 0.4) is 0 Å². The number of rotatable bonds is 5. The van der Waals surface area contributed by atoms with Crippen LogP contribution in [-0.2, 0) is 0 Å². The molecule has 334 valence electrons. The monoisotopic (exact) mass is 951 g/mol. The molecule has 5 heterocycles. The molecule has 0 spiro atoms. The zero-order valence-corrected chi connectivity index (χ0v) is 40.0. The summed E-state index contributed by atoms with van der Waals surface area (Å²) >= 11 is 3.67. The molecule has 72 heavy (non-hydrogen) atoms. The molecule has 0 fully saturated rings. The molecular weight excluding hydrogens is 915 g/mol. The van der Waals surface area contributed by atoms with Crippen LogP contribution in [0, 0.1) is 0 Å². The third-order valence-corrected chi connectivity index (χ3v) is 17.1. The minimum atomic E-state index is 0.609. The molecule has 16 aromatic rings. The number of hydrogen-bond acceptors (Lipinski definition) is 5. The topological polar surface area (TPSA) is 48.5 Å². The van der Waals surface area contributed by atoms with Gasteiger partial charge in [0.05, 0.1) is 27.8 Å². The van der Waals surface area contributed by atoms with Crippen molar-refractivity contribution in [2.24, 2.45) is 0 Å². The summed E-state index contributed by atoms with van der Waals surface area (Å²) in [6, 6.07) is 81.5. The standard InChI is InChI=1S/C65H37N5S2/c1-2-17-43(18-3-1)69-54-23-11-8-20-45(54)47-29-27-42(35-56(47)69)64-66-63(41-28-31-60-51(33-41)48-22-10-13-25-59(48)71-60)67-65(68-64)53-36-52-49-30-26-38-14-6-7-19-44(38)62(49)72-61(52)37-58(53)70-55-24-12-9-21-46(55)50-32-39-15-4-5-16-40(39)34-57(50)70/h1-37H. The molecule has 0 atom stereocenters. The van der Waals surface area contributed by atoms with Gasteiger partial charge in [0.1, 0.15) is 0 Å². The molecule has 5 aromatic heterocycles. The zero-order chi connectivity index (χ0) is 47.0. The van der Waals surface area contributed by atoms with E-state index in [1.165, 1.54) is 83.4 Å². The van der Waals surface area contributed by atoms with Crippen LogP contribution in [-0.4, -0.2) is 24.1 Å². The molecule has 0 saturated carbocycles. The molecule has 0 saturated heterocycles. The highest BCUT2D eigenvalue weighted by Crippen LogP contribution is 2.46. The molecule has 11 aromatic carbocycles. The second-order valence-corrected chi connectivity index (χ2v) is 20.9. The number of para-hydroxylation sites is 3. The summed E-state index contributed by atoms with van der Waals surface area (Å²) < 4.78 is 9.78. The van der Waals surface area contributed by atoms with Gasteiger partial charge in [-0.2, -0.15) is 0 Å². The maximum absolute atomic E-state index is 5.63. The van der Waals surface area contributed by atoms with Gasteiger partial charge in [0, 0.05) is 84.3 Å². The van der Waals surface area contributed by atoms with Crippen molar-refractivity contribution in [3.05, 3.63) is 224 Å². The Labute approximate surface area is 419 Å². The van der Waals surface area contributed by atoms with Crippen LogP contribution in [0.4, 0.5) is 0 Å². The number of aromatic nitrogens is 5. The molecule has 0 aliphatic rings. The smallest absolute Gasteiger partial charge is 0.166 e. The Kier molecular flexibility index (Phi) is 8.43. The molecular formula is C65H37N5S2. The lowest BCUT2D eigenvalue weighted by Crippen LogP contribution is -2.04. The van der Waals surface area contributed by atoms with Crippen molar-refractivity contribution in [1.82, 2.24) is 24.1 Å². The Hall–Kier alpha value is -9.01. The lowest BCUT2D eigenvalue weighted by Gasteiger charge is -2.16. The van der Waals surface area contributed by atoms with Crippen molar-refractivity contribution < 1.29 is 0 Å². The normalized spacial score (nSPS) is 12.2. The van der Waals surface area contributed by atoms with Gasteiger partial charge in [-0.1, -0.05) is 146 Å². The van der Waals surface area contributed by atoms with Crippen LogP contribution < -0.4 is 0 Å². The predicted octanol–water partition coefficient (Wildman–Crippen LogP) is 18.1. The van der Waals surface area contributed by atoms with E-state index in [4.69, 9.17) is 15.0 Å². The molecule has 0 amide bonds. The van der Waals surface area contributed by atoms with Crippen LogP contribution in [0.25, 0.3) is 151 Å². The van der Waals surface area contributed by atoms with Crippen molar-refractivity contribution in [3.63, 3.8) is 0 Å². The Bertz CT molecular complexity index is 4940. The molecule has 0 radical (unpaired) electrons. The van der Waals surface area contributed by atoms with E-state index in [-0.39, 0.29) is 0 Å². The third kappa shape index (κ3) is 5.89. The van der Waals surface area contributed by atoms with Crippen molar-refractivity contribution in [3.8, 4) is 45.5 Å². The lowest BCUT2D eigenvalue weighted by molar-refractivity contribution is 1.07. The summed E-state index contributed by atoms with van der Waals surface area (Å²) in [5.74, 6) is 1.84. The van der Waals surface area contributed by atoms with E-state index in [0.29, 0.717) is 17.5 Å². The van der Waals surface area contributed by atoms with Crippen molar-refractivity contribution in [2.45, 2.75) is 0 Å². The Balaban J connectivity index is 1.02. The molecule has 0 bridgehead atoms. The van der Waals surface area contributed by atoms with Crippen LogP contribution >= 0.6 is 22.7 Å². The highest BCUT2D eigenvalue weighted by atomic mass is 32.1. The maximum Gasteiger partial charge on any atom is 0.166 e. The van der Waals surface area contributed by atoms with Gasteiger partial charge in [-0.15, -0.1) is 22.7 Å². The predicted molar refractivity (Wildman–Crippen MR) is 306 cm³/mol. The van der Waals surface area contributed by atoms with Crippen LogP contribution in [0.2, 0.25) is 0 Å². The fourth-order valence-electron chi connectivity index (χ4n) is 11.4. The number of benzene rings is 11. The van der Waals surface area contributed by atoms with Crippen LogP contribution in [0.5, 0.6) is 0 Å². The molecule has 0 aliphatic carbocycles. The highest BCUT2D eigenvalue weighted by Gasteiger charge is 2.24. The molecule has 0 aliphatic heterocycles. The summed E-state index contributed by atoms with van der Waals surface area (Å²) in [5, 5.41) is 14.5. The second kappa shape index (κ2) is 15.2. The summed E-state index contributed by atoms with van der Waals surface area (Å²) in [6.45, 7) is 0. The molecule has 7 heteroatoms. The first-order valence-corrected chi connectivity index (χ1v) is 25.9. The van der Waals surface area contributed by atoms with Gasteiger partial charge in [-0.25, -0.2) is 15.0 Å². The number of hydrogen-bond donors (Lipinski definition) is 0. The fourth-order valence-corrected chi connectivity index (χ4v) is 13.7. The average Bonchev–Trinajstić information content (AvgIpc) is 4.19. The number of thiophene rings is 2. The van der Waals surface area contributed by atoms with E-state index in [2.05, 4.69) is 234 Å². The first kappa shape index (κ1) is 39.8. The molecule has 0 unspecified atom stereocenters. The first-order chi connectivity index (χ1) is 35.7. The van der Waals surface area contributed by atoms with Crippen molar-refractivity contribution in [2.75, 3.05) is 0 Å². The van der Waals surface area contributed by atoms with Gasteiger partial charge in [0.2, 0.25) is 0 Å². The Morgan fingerprint density at radius 1 is 0.292 bits per heavy atom. The highest BCUT2D eigenvalue weighted by molar-refractivity contribution is 7.27. The van der Waals surface area contributed by atoms with Crippen molar-refractivity contribution in [1.29, 1.82) is 0 Å². The van der Waals surface area contributed by atoms with Gasteiger partial charge in [-0.05, 0) is 100 Å². The SMILES string of the molecule is c1ccc(-n2c3ccccc3c3ccc(-c4nc(-c5ccc6sc7ccccc7c6c5)nc(-c5cc6c(cc5-n5c7ccccc7c7cc8ccccc8cc75)sc5c7ccccc7ccc65)n4)cc32)cc1. The Morgan fingerprint density at radius 3 is 1.68 bits per heavy atom. The van der Waals surface area contributed by atoms with E-state index in [9.17, 15) is 0 Å². The van der Waals surface area contributed by atoms with E-state index in [1.54, 1.807) is 0 Å². The number of nitrogens with zero attached hydrogens (tertiary/aromatic N) is 5. The van der Waals surface area contributed by atoms with E-state index >= 15 is 0 Å². The summed E-state index contributed by atoms with van der Waals surface area (Å²) in [4.78, 5) is 16.7. The van der Waals surface area contributed by atoms with E-state index < -0.39 is 0 Å². The largest absolute Gasteiger partial charge is 0.309 e. The van der Waals surface area contributed by atoms with E-state index in [1.807, 2.05) is 22.7 Å². The third-order valence-electron chi connectivity index (χ3n) is 14.7. The Morgan fingerprint density at radius 2 is 0.861 bits per heavy atom. The summed E-state index contributed by atoms with van der Waals surface area (Å²) in [6.07, 6.45) is 0. The minimum Gasteiger partial charge on any atom is -0.309 e. The fraction of sp³-hybridized carbons (Fsp3) is 0. The molecule has 5 nitrogen and oxygen atoms in total. The first-order valence-electron chi connectivity index (χ1n) is 24.2. The second-order valence-electron chi connectivity index (χ2n) is 18.7. The zero-order valence-electron chi connectivity index (χ0n) is 38.4. The van der Waals surface area contributed by atoms with E-state index in [0.717, 1.165) is 50.1 Å². The van der Waals surface area contributed by atoms with Crippen LogP contribution in [0.15, 0.2) is 224 Å². The van der Waals surface area contributed by atoms with Gasteiger partial charge >= 0.3 is 0 Å². The lowest BCUT2D eigenvalue weighted by atomic mass is 10.0. The van der Waals surface area contributed by atoms with Crippen molar-refractivity contribution >= 4 is 128 Å². The number of fused-ring (bicyclic) bond motifs is 15. The van der Waals surface area contributed by atoms with Gasteiger partial charge in [0.25, 0.3) is 0 Å². The van der Waals surface area contributed by atoms with Gasteiger partial charge < -0.3 is 9.13 Å². The van der Waals surface area contributed by atoms with Crippen LogP contribution in [0.1, 0.15) is 0 Å². The van der Waals surface area contributed by atoms with Gasteiger partial charge in [0.15, 0.2) is 17.5 Å². The van der Waals surface area contributed by atoms with Gasteiger partial charge in [-0.3, -0.25) is 0 Å². The molecule has 16 rings (SSSR count). The summed E-state index contributed by atoms with van der Waals surface area (Å²) in [7, 11) is 0. The maximum atomic E-state index is 5.63.